The minimum Gasteiger partial charge on any atom is -0.481 e. The highest BCUT2D eigenvalue weighted by atomic mass is 16.4. The third kappa shape index (κ3) is 1.49. The average Bonchev–Trinajstić information content (AvgIpc) is 2.44. The lowest BCUT2D eigenvalue weighted by atomic mass is 9.72. The highest BCUT2D eigenvalue weighted by molar-refractivity contribution is 5.71. The van der Waals surface area contributed by atoms with Gasteiger partial charge in [0.05, 0.1) is 5.92 Å². The minimum atomic E-state index is -0.677. The molecule has 5 heteroatoms. The number of aryl methyl sites for hydroxylation is 1. The molecular formula is C9H13N3O2. The minimum absolute atomic E-state index is 0.174. The van der Waals surface area contributed by atoms with Crippen LogP contribution >= 0.6 is 0 Å². The SMILES string of the molecule is Cn1ncnc1CC1CCC1C(=O)O. The first-order valence-electron chi connectivity index (χ1n) is 4.74. The van der Waals surface area contributed by atoms with Crippen molar-refractivity contribution in [3.63, 3.8) is 0 Å². The van der Waals surface area contributed by atoms with Crippen LogP contribution in [0.1, 0.15) is 18.7 Å². The van der Waals surface area contributed by atoms with E-state index in [9.17, 15) is 4.79 Å². The molecule has 76 valence electrons. The smallest absolute Gasteiger partial charge is 0.306 e. The predicted octanol–water partition coefficient (Wildman–Crippen LogP) is 0.468. The molecule has 1 N–H and O–H groups in total. The maximum atomic E-state index is 10.8. The highest BCUT2D eigenvalue weighted by Gasteiger charge is 2.37. The van der Waals surface area contributed by atoms with Gasteiger partial charge in [-0.15, -0.1) is 0 Å². The van der Waals surface area contributed by atoms with Crippen LogP contribution in [0.15, 0.2) is 6.33 Å². The van der Waals surface area contributed by atoms with E-state index in [-0.39, 0.29) is 11.8 Å². The summed E-state index contributed by atoms with van der Waals surface area (Å²) in [6.07, 6.45) is 4.03. The summed E-state index contributed by atoms with van der Waals surface area (Å²) in [7, 11) is 1.83. The Labute approximate surface area is 81.8 Å². The van der Waals surface area contributed by atoms with E-state index in [2.05, 4.69) is 10.1 Å². The molecule has 0 radical (unpaired) electrons. The van der Waals surface area contributed by atoms with Crippen LogP contribution in [0.3, 0.4) is 0 Å². The molecular weight excluding hydrogens is 182 g/mol. The Morgan fingerprint density at radius 3 is 2.93 bits per heavy atom. The molecule has 14 heavy (non-hydrogen) atoms. The van der Waals surface area contributed by atoms with Crippen molar-refractivity contribution in [3.8, 4) is 0 Å². The molecule has 0 amide bonds. The second kappa shape index (κ2) is 3.40. The van der Waals surface area contributed by atoms with E-state index in [0.717, 1.165) is 25.1 Å². The standard InChI is InChI=1S/C9H13N3O2/c1-12-8(10-5-11-12)4-6-2-3-7(6)9(13)14/h5-7H,2-4H2,1H3,(H,13,14). The van der Waals surface area contributed by atoms with Gasteiger partial charge >= 0.3 is 5.97 Å². The summed E-state index contributed by atoms with van der Waals surface area (Å²) in [5, 5.41) is 12.8. The molecule has 1 heterocycles. The Morgan fingerprint density at radius 2 is 2.50 bits per heavy atom. The van der Waals surface area contributed by atoms with Crippen LogP contribution in [0.5, 0.6) is 0 Å². The van der Waals surface area contributed by atoms with Gasteiger partial charge in [-0.25, -0.2) is 4.98 Å². The molecule has 0 saturated heterocycles. The molecule has 0 aromatic carbocycles. The van der Waals surface area contributed by atoms with E-state index in [1.54, 1.807) is 4.68 Å². The maximum absolute atomic E-state index is 10.8. The van der Waals surface area contributed by atoms with Crippen molar-refractivity contribution in [2.45, 2.75) is 19.3 Å². The van der Waals surface area contributed by atoms with Crippen molar-refractivity contribution in [2.75, 3.05) is 0 Å². The summed E-state index contributed by atoms with van der Waals surface area (Å²) in [5.41, 5.74) is 0. The molecule has 2 rings (SSSR count). The summed E-state index contributed by atoms with van der Waals surface area (Å²) in [5.74, 6) is 0.270. The monoisotopic (exact) mass is 195 g/mol. The first kappa shape index (κ1) is 9.18. The largest absolute Gasteiger partial charge is 0.481 e. The number of aliphatic carboxylic acids is 1. The zero-order valence-electron chi connectivity index (χ0n) is 8.05. The van der Waals surface area contributed by atoms with Crippen molar-refractivity contribution in [3.05, 3.63) is 12.2 Å². The predicted molar refractivity (Wildman–Crippen MR) is 48.6 cm³/mol. The van der Waals surface area contributed by atoms with E-state index >= 15 is 0 Å². The van der Waals surface area contributed by atoms with Crippen molar-refractivity contribution in [1.29, 1.82) is 0 Å². The molecule has 0 aliphatic heterocycles. The normalized spacial score (nSPS) is 25.8. The lowest BCUT2D eigenvalue weighted by Gasteiger charge is -2.32. The van der Waals surface area contributed by atoms with Crippen LogP contribution in [0.25, 0.3) is 0 Å². The molecule has 1 aromatic rings. The fourth-order valence-electron chi connectivity index (χ4n) is 1.88. The van der Waals surface area contributed by atoms with Crippen molar-refractivity contribution in [1.82, 2.24) is 14.8 Å². The van der Waals surface area contributed by atoms with Gasteiger partial charge in [-0.2, -0.15) is 5.10 Å². The number of nitrogens with zero attached hydrogens (tertiary/aromatic N) is 3. The Hall–Kier alpha value is -1.39. The number of hydrogen-bond donors (Lipinski definition) is 1. The second-order valence-electron chi connectivity index (χ2n) is 3.79. The third-order valence-corrected chi connectivity index (χ3v) is 2.98. The van der Waals surface area contributed by atoms with Crippen LogP contribution in [-0.4, -0.2) is 25.8 Å². The van der Waals surface area contributed by atoms with E-state index < -0.39 is 5.97 Å². The number of carboxylic acids is 1. The molecule has 1 saturated carbocycles. The molecule has 1 fully saturated rings. The lowest BCUT2D eigenvalue weighted by molar-refractivity contribution is -0.147. The van der Waals surface area contributed by atoms with Crippen LogP contribution in [0.4, 0.5) is 0 Å². The van der Waals surface area contributed by atoms with Gasteiger partial charge in [-0.05, 0) is 18.8 Å². The summed E-state index contributed by atoms with van der Waals surface area (Å²) in [6, 6.07) is 0. The Balaban J connectivity index is 1.99. The Bertz CT molecular complexity index is 348. The lowest BCUT2D eigenvalue weighted by Crippen LogP contribution is -2.34. The van der Waals surface area contributed by atoms with E-state index in [0.29, 0.717) is 0 Å². The van der Waals surface area contributed by atoms with Crippen LogP contribution in [0.2, 0.25) is 0 Å². The molecule has 1 aliphatic carbocycles. The summed E-state index contributed by atoms with van der Waals surface area (Å²) in [6.45, 7) is 0. The fraction of sp³-hybridized carbons (Fsp3) is 0.667. The number of carbonyl (C=O) groups is 1. The van der Waals surface area contributed by atoms with Crippen LogP contribution in [0, 0.1) is 11.8 Å². The van der Waals surface area contributed by atoms with Gasteiger partial charge in [0.2, 0.25) is 0 Å². The molecule has 2 unspecified atom stereocenters. The van der Waals surface area contributed by atoms with Gasteiger partial charge in [0.15, 0.2) is 0 Å². The average molecular weight is 195 g/mol. The zero-order valence-corrected chi connectivity index (χ0v) is 8.05. The maximum Gasteiger partial charge on any atom is 0.306 e. The van der Waals surface area contributed by atoms with Gasteiger partial charge in [-0.1, -0.05) is 0 Å². The van der Waals surface area contributed by atoms with Crippen molar-refractivity contribution >= 4 is 5.97 Å². The van der Waals surface area contributed by atoms with Crippen molar-refractivity contribution in [2.24, 2.45) is 18.9 Å². The zero-order chi connectivity index (χ0) is 10.1. The number of rotatable bonds is 3. The van der Waals surface area contributed by atoms with Gasteiger partial charge in [0.1, 0.15) is 12.2 Å². The van der Waals surface area contributed by atoms with E-state index in [1.165, 1.54) is 6.33 Å². The number of aromatic nitrogens is 3. The first-order valence-corrected chi connectivity index (χ1v) is 4.74. The number of carboxylic acid groups (broad SMARTS) is 1. The first-order chi connectivity index (χ1) is 6.68. The molecule has 1 aliphatic rings. The summed E-state index contributed by atoms with van der Waals surface area (Å²) in [4.78, 5) is 14.9. The second-order valence-corrected chi connectivity index (χ2v) is 3.79. The van der Waals surface area contributed by atoms with Crippen LogP contribution < -0.4 is 0 Å². The van der Waals surface area contributed by atoms with Crippen LogP contribution in [-0.2, 0) is 18.3 Å². The van der Waals surface area contributed by atoms with Gasteiger partial charge in [0.25, 0.3) is 0 Å². The van der Waals surface area contributed by atoms with Crippen molar-refractivity contribution < 1.29 is 9.90 Å². The quantitative estimate of drug-likeness (QED) is 0.761. The van der Waals surface area contributed by atoms with Gasteiger partial charge in [0, 0.05) is 13.5 Å². The molecule has 0 bridgehead atoms. The fourth-order valence-corrected chi connectivity index (χ4v) is 1.88. The molecule has 1 aromatic heterocycles. The molecule has 2 atom stereocenters. The number of hydrogen-bond acceptors (Lipinski definition) is 3. The summed E-state index contributed by atoms with van der Waals surface area (Å²) >= 11 is 0. The Kier molecular flexibility index (Phi) is 2.23. The topological polar surface area (TPSA) is 68.0 Å². The van der Waals surface area contributed by atoms with Gasteiger partial charge < -0.3 is 5.11 Å². The van der Waals surface area contributed by atoms with E-state index in [4.69, 9.17) is 5.11 Å². The molecule has 5 nitrogen and oxygen atoms in total. The summed E-state index contributed by atoms with van der Waals surface area (Å²) < 4.78 is 1.71. The highest BCUT2D eigenvalue weighted by Crippen LogP contribution is 2.36. The Morgan fingerprint density at radius 1 is 1.71 bits per heavy atom. The molecule has 0 spiro atoms. The third-order valence-electron chi connectivity index (χ3n) is 2.98. The van der Waals surface area contributed by atoms with Gasteiger partial charge in [-0.3, -0.25) is 9.48 Å². The van der Waals surface area contributed by atoms with E-state index in [1.807, 2.05) is 7.05 Å².